The maximum atomic E-state index is 4.28. The van der Waals surface area contributed by atoms with Crippen molar-refractivity contribution in [1.82, 2.24) is 10.3 Å². The van der Waals surface area contributed by atoms with Gasteiger partial charge < -0.3 is 5.32 Å². The number of aromatic nitrogens is 1. The van der Waals surface area contributed by atoms with E-state index in [-0.39, 0.29) is 0 Å². The largest absolute Gasteiger partial charge is 0.317 e. The van der Waals surface area contributed by atoms with Crippen molar-refractivity contribution in [3.05, 3.63) is 16.6 Å². The Hall–Kier alpha value is -0.410. The number of nitrogens with zero attached hydrogens (tertiary/aromatic N) is 1. The van der Waals surface area contributed by atoms with Gasteiger partial charge in [0.1, 0.15) is 0 Å². The molecule has 0 fully saturated rings. The third kappa shape index (κ3) is 4.39. The van der Waals surface area contributed by atoms with E-state index in [0.29, 0.717) is 0 Å². The van der Waals surface area contributed by atoms with Gasteiger partial charge in [0.15, 0.2) is 0 Å². The molecule has 74 valence electrons. The molecular weight excluding hydrogens is 180 g/mol. The Morgan fingerprint density at radius 1 is 1.62 bits per heavy atom. The fourth-order valence-corrected chi connectivity index (χ4v) is 2.06. The lowest BCUT2D eigenvalue weighted by Gasteiger charge is -2.08. The average molecular weight is 198 g/mol. The van der Waals surface area contributed by atoms with Crippen molar-refractivity contribution in [3.63, 3.8) is 0 Å². The van der Waals surface area contributed by atoms with Gasteiger partial charge in [0.05, 0.1) is 5.01 Å². The van der Waals surface area contributed by atoms with E-state index in [1.165, 1.54) is 11.4 Å². The van der Waals surface area contributed by atoms with Gasteiger partial charge in [0.2, 0.25) is 0 Å². The minimum Gasteiger partial charge on any atom is -0.317 e. The highest BCUT2D eigenvalue weighted by atomic mass is 32.1. The summed E-state index contributed by atoms with van der Waals surface area (Å²) in [5, 5.41) is 6.66. The van der Waals surface area contributed by atoms with Gasteiger partial charge in [-0.3, -0.25) is 0 Å². The molecule has 0 aromatic carbocycles. The summed E-state index contributed by atoms with van der Waals surface area (Å²) in [6, 6.07) is 0. The highest BCUT2D eigenvalue weighted by molar-refractivity contribution is 7.09. The van der Waals surface area contributed by atoms with Crippen LogP contribution >= 0.6 is 11.3 Å². The zero-order valence-corrected chi connectivity index (χ0v) is 9.23. The first-order valence-electron chi connectivity index (χ1n) is 4.92. The Morgan fingerprint density at radius 2 is 2.46 bits per heavy atom. The van der Waals surface area contributed by atoms with Crippen molar-refractivity contribution < 1.29 is 0 Å². The summed E-state index contributed by atoms with van der Waals surface area (Å²) in [6.45, 7) is 6.64. The molecule has 0 bridgehead atoms. The van der Waals surface area contributed by atoms with Gasteiger partial charge in [-0.1, -0.05) is 13.8 Å². The molecule has 1 N–H and O–H groups in total. The van der Waals surface area contributed by atoms with Crippen LogP contribution in [0.25, 0.3) is 0 Å². The first-order valence-corrected chi connectivity index (χ1v) is 5.80. The monoisotopic (exact) mass is 198 g/mol. The first kappa shape index (κ1) is 10.7. The van der Waals surface area contributed by atoms with E-state index >= 15 is 0 Å². The molecule has 1 rings (SSSR count). The van der Waals surface area contributed by atoms with Gasteiger partial charge in [-0.25, -0.2) is 4.98 Å². The molecule has 13 heavy (non-hydrogen) atoms. The molecule has 0 aliphatic rings. The maximum absolute atomic E-state index is 4.28. The Bertz CT molecular complexity index is 209. The lowest BCUT2D eigenvalue weighted by molar-refractivity contribution is 0.503. The van der Waals surface area contributed by atoms with E-state index in [4.69, 9.17) is 0 Å². The van der Waals surface area contributed by atoms with Crippen molar-refractivity contribution in [3.8, 4) is 0 Å². The number of rotatable bonds is 6. The quantitative estimate of drug-likeness (QED) is 0.710. The lowest BCUT2D eigenvalue weighted by Crippen LogP contribution is -2.17. The zero-order valence-electron chi connectivity index (χ0n) is 8.42. The Morgan fingerprint density at radius 3 is 3.08 bits per heavy atom. The van der Waals surface area contributed by atoms with E-state index in [1.807, 2.05) is 11.6 Å². The van der Waals surface area contributed by atoms with Gasteiger partial charge in [-0.2, -0.15) is 0 Å². The summed E-state index contributed by atoms with van der Waals surface area (Å²) >= 11 is 1.76. The van der Waals surface area contributed by atoms with Crippen molar-refractivity contribution in [2.24, 2.45) is 5.92 Å². The molecule has 0 saturated heterocycles. The molecule has 0 radical (unpaired) electrons. The molecule has 2 nitrogen and oxygen atoms in total. The highest BCUT2D eigenvalue weighted by Gasteiger charge is 2.04. The molecule has 1 aromatic heterocycles. The van der Waals surface area contributed by atoms with Crippen LogP contribution in [0.4, 0.5) is 0 Å². The second-order valence-electron chi connectivity index (χ2n) is 3.38. The van der Waals surface area contributed by atoms with E-state index in [1.54, 1.807) is 11.3 Å². The van der Waals surface area contributed by atoms with Gasteiger partial charge in [0.25, 0.3) is 0 Å². The summed E-state index contributed by atoms with van der Waals surface area (Å²) < 4.78 is 0. The molecule has 0 amide bonds. The Balaban J connectivity index is 2.14. The van der Waals surface area contributed by atoms with Crippen LogP contribution in [0.5, 0.6) is 0 Å². The topological polar surface area (TPSA) is 24.9 Å². The third-order valence-electron chi connectivity index (χ3n) is 2.07. The number of thiazole rings is 1. The number of hydrogen-bond donors (Lipinski definition) is 1. The van der Waals surface area contributed by atoms with Crippen molar-refractivity contribution >= 4 is 11.3 Å². The van der Waals surface area contributed by atoms with Gasteiger partial charge >= 0.3 is 0 Å². The van der Waals surface area contributed by atoms with Crippen LogP contribution in [0.15, 0.2) is 11.6 Å². The highest BCUT2D eigenvalue weighted by Crippen LogP contribution is 2.13. The average Bonchev–Trinajstić information content (AvgIpc) is 2.57. The molecule has 0 saturated carbocycles. The molecule has 1 unspecified atom stereocenters. The van der Waals surface area contributed by atoms with Gasteiger partial charge in [-0.15, -0.1) is 11.3 Å². The molecule has 0 spiro atoms. The lowest BCUT2D eigenvalue weighted by atomic mass is 10.0. The second-order valence-corrected chi connectivity index (χ2v) is 4.36. The van der Waals surface area contributed by atoms with E-state index < -0.39 is 0 Å². The normalized spacial score (nSPS) is 13.1. The minimum atomic E-state index is 0.741. The van der Waals surface area contributed by atoms with Crippen LogP contribution in [0, 0.1) is 5.92 Å². The molecular formula is C10H18N2S. The summed E-state index contributed by atoms with van der Waals surface area (Å²) in [5.41, 5.74) is 0. The molecule has 3 heteroatoms. The Kier molecular flexibility index (Phi) is 5.01. The predicted octanol–water partition coefficient (Wildman–Crippen LogP) is 2.32. The second kappa shape index (κ2) is 6.11. The number of hydrogen-bond acceptors (Lipinski definition) is 3. The van der Waals surface area contributed by atoms with E-state index in [9.17, 15) is 0 Å². The van der Waals surface area contributed by atoms with E-state index in [2.05, 4.69) is 24.1 Å². The molecule has 1 aromatic rings. The van der Waals surface area contributed by atoms with Crippen molar-refractivity contribution in [2.45, 2.75) is 26.7 Å². The minimum absolute atomic E-state index is 0.741. The number of nitrogens with one attached hydrogen (secondary N) is 1. The molecule has 0 aliphatic heterocycles. The van der Waals surface area contributed by atoms with E-state index in [0.717, 1.165) is 25.4 Å². The standard InChI is InChI=1S/C10H18N2S/c1-3-11-5-4-9(2)8-10-12-6-7-13-10/h6-7,9,11H,3-5,8H2,1-2H3. The molecule has 0 aliphatic carbocycles. The summed E-state index contributed by atoms with van der Waals surface area (Å²) in [7, 11) is 0. The first-order chi connectivity index (χ1) is 6.33. The van der Waals surface area contributed by atoms with Gasteiger partial charge in [-0.05, 0) is 25.4 Å². The van der Waals surface area contributed by atoms with Crippen LogP contribution in [-0.4, -0.2) is 18.1 Å². The molecule has 1 heterocycles. The summed E-state index contributed by atoms with van der Waals surface area (Å²) in [5.74, 6) is 0.741. The fourth-order valence-electron chi connectivity index (χ4n) is 1.28. The Labute approximate surface area is 84.4 Å². The fraction of sp³-hybridized carbons (Fsp3) is 0.700. The maximum Gasteiger partial charge on any atom is 0.0927 e. The van der Waals surface area contributed by atoms with Crippen LogP contribution in [0.2, 0.25) is 0 Å². The summed E-state index contributed by atoms with van der Waals surface area (Å²) in [4.78, 5) is 4.28. The predicted molar refractivity (Wildman–Crippen MR) is 58.1 cm³/mol. The van der Waals surface area contributed by atoms with Crippen molar-refractivity contribution in [1.29, 1.82) is 0 Å². The zero-order chi connectivity index (χ0) is 9.52. The molecule has 1 atom stereocenters. The smallest absolute Gasteiger partial charge is 0.0927 e. The van der Waals surface area contributed by atoms with Gasteiger partial charge in [0, 0.05) is 18.0 Å². The summed E-state index contributed by atoms with van der Waals surface area (Å²) in [6.07, 6.45) is 4.26. The van der Waals surface area contributed by atoms with Crippen molar-refractivity contribution in [2.75, 3.05) is 13.1 Å². The van der Waals surface area contributed by atoms with Crippen LogP contribution in [0.1, 0.15) is 25.3 Å². The third-order valence-corrected chi connectivity index (χ3v) is 2.87. The van der Waals surface area contributed by atoms with Crippen LogP contribution < -0.4 is 5.32 Å². The van der Waals surface area contributed by atoms with Crippen LogP contribution in [-0.2, 0) is 6.42 Å². The SMILES string of the molecule is CCNCCC(C)Cc1nccs1. The van der Waals surface area contributed by atoms with Crippen LogP contribution in [0.3, 0.4) is 0 Å².